The molecule has 6 heteroatoms. The molecule has 4 rings (SSSR count). The molecule has 2 aromatic carbocycles. The number of likely N-dealkylation sites (tertiary alicyclic amines) is 1. The third-order valence-electron chi connectivity index (χ3n) is 6.11. The zero-order valence-corrected chi connectivity index (χ0v) is 18.8. The highest BCUT2D eigenvalue weighted by molar-refractivity contribution is 5.95. The maximum absolute atomic E-state index is 13.1. The molecule has 1 saturated heterocycles. The first kappa shape index (κ1) is 22.6. The lowest BCUT2D eigenvalue weighted by Gasteiger charge is -2.32. The van der Waals surface area contributed by atoms with E-state index in [1.54, 1.807) is 12.1 Å². The average Bonchev–Trinajstić information content (AvgIpc) is 2.84. The molecule has 0 spiro atoms. The van der Waals surface area contributed by atoms with Crippen molar-refractivity contribution in [3.05, 3.63) is 101 Å². The van der Waals surface area contributed by atoms with Crippen LogP contribution in [0.3, 0.4) is 0 Å². The molecule has 1 aliphatic rings. The Morgan fingerprint density at radius 3 is 2.36 bits per heavy atom. The molecule has 1 aliphatic heterocycles. The van der Waals surface area contributed by atoms with Crippen LogP contribution < -0.4 is 5.32 Å². The SMILES string of the molecule is Cc1ccc(C(=O)NCc2ccc(F)cc2)c(C2CCN(C(=O)Cc3ccccc3)CC2)n1. The molecule has 1 fully saturated rings. The van der Waals surface area contributed by atoms with Gasteiger partial charge in [-0.05, 0) is 55.2 Å². The van der Waals surface area contributed by atoms with E-state index in [0.29, 0.717) is 31.6 Å². The number of hydrogen-bond donors (Lipinski definition) is 1. The smallest absolute Gasteiger partial charge is 0.253 e. The van der Waals surface area contributed by atoms with Crippen LogP contribution in [0.5, 0.6) is 0 Å². The van der Waals surface area contributed by atoms with Crippen LogP contribution in [-0.4, -0.2) is 34.8 Å². The summed E-state index contributed by atoms with van der Waals surface area (Å²) in [6, 6.07) is 19.5. The van der Waals surface area contributed by atoms with E-state index in [0.717, 1.165) is 35.4 Å². The zero-order chi connectivity index (χ0) is 23.2. The molecular formula is C27H28FN3O2. The standard InChI is InChI=1S/C27H28FN3O2/c1-19-7-12-24(27(33)29-18-21-8-10-23(28)11-9-21)26(30-19)22-13-15-31(16-14-22)25(32)17-20-5-3-2-4-6-20/h2-12,22H,13-18H2,1H3,(H,29,33). The Morgan fingerprint density at radius 1 is 0.970 bits per heavy atom. The number of amides is 2. The lowest BCUT2D eigenvalue weighted by Crippen LogP contribution is -2.39. The quantitative estimate of drug-likeness (QED) is 0.612. The van der Waals surface area contributed by atoms with Gasteiger partial charge in [0.25, 0.3) is 5.91 Å². The number of aromatic nitrogens is 1. The fourth-order valence-corrected chi connectivity index (χ4v) is 4.24. The highest BCUT2D eigenvalue weighted by Gasteiger charge is 2.28. The molecule has 0 saturated carbocycles. The lowest BCUT2D eigenvalue weighted by atomic mass is 9.89. The summed E-state index contributed by atoms with van der Waals surface area (Å²) >= 11 is 0. The van der Waals surface area contributed by atoms with E-state index < -0.39 is 0 Å². The Hall–Kier alpha value is -3.54. The van der Waals surface area contributed by atoms with E-state index in [9.17, 15) is 14.0 Å². The van der Waals surface area contributed by atoms with Crippen LogP contribution in [0, 0.1) is 12.7 Å². The first-order valence-corrected chi connectivity index (χ1v) is 11.3. The molecule has 0 radical (unpaired) electrons. The monoisotopic (exact) mass is 445 g/mol. The van der Waals surface area contributed by atoms with Crippen molar-refractivity contribution in [2.45, 2.75) is 38.6 Å². The van der Waals surface area contributed by atoms with Crippen LogP contribution >= 0.6 is 0 Å². The van der Waals surface area contributed by atoms with E-state index >= 15 is 0 Å². The van der Waals surface area contributed by atoms with E-state index in [-0.39, 0.29) is 23.5 Å². The van der Waals surface area contributed by atoms with Gasteiger partial charge >= 0.3 is 0 Å². The van der Waals surface area contributed by atoms with Crippen molar-refractivity contribution >= 4 is 11.8 Å². The van der Waals surface area contributed by atoms with Crippen molar-refractivity contribution in [2.75, 3.05) is 13.1 Å². The molecule has 0 unspecified atom stereocenters. The second kappa shape index (κ2) is 10.4. The highest BCUT2D eigenvalue weighted by atomic mass is 19.1. The van der Waals surface area contributed by atoms with Crippen molar-refractivity contribution in [2.24, 2.45) is 0 Å². The summed E-state index contributed by atoms with van der Waals surface area (Å²) in [4.78, 5) is 32.3. The van der Waals surface area contributed by atoms with Crippen molar-refractivity contribution in [1.29, 1.82) is 0 Å². The molecule has 1 aromatic heterocycles. The summed E-state index contributed by atoms with van der Waals surface area (Å²) in [6.45, 7) is 3.55. The third kappa shape index (κ3) is 5.83. The minimum Gasteiger partial charge on any atom is -0.348 e. The van der Waals surface area contributed by atoms with Gasteiger partial charge in [0, 0.05) is 31.2 Å². The van der Waals surface area contributed by atoms with Crippen LogP contribution in [0.25, 0.3) is 0 Å². The number of carbonyl (C=O) groups is 2. The average molecular weight is 446 g/mol. The van der Waals surface area contributed by atoms with Crippen LogP contribution in [0.2, 0.25) is 0 Å². The van der Waals surface area contributed by atoms with Crippen molar-refractivity contribution in [3.63, 3.8) is 0 Å². The van der Waals surface area contributed by atoms with Gasteiger partial charge in [0.2, 0.25) is 5.91 Å². The van der Waals surface area contributed by atoms with Crippen LogP contribution in [0.1, 0.15) is 51.6 Å². The molecule has 2 amide bonds. The zero-order valence-electron chi connectivity index (χ0n) is 18.8. The predicted molar refractivity (Wildman–Crippen MR) is 125 cm³/mol. The first-order chi connectivity index (χ1) is 16.0. The van der Waals surface area contributed by atoms with E-state index in [2.05, 4.69) is 5.32 Å². The summed E-state index contributed by atoms with van der Waals surface area (Å²) in [7, 11) is 0. The molecule has 2 heterocycles. The lowest BCUT2D eigenvalue weighted by molar-refractivity contribution is -0.131. The third-order valence-corrected chi connectivity index (χ3v) is 6.11. The van der Waals surface area contributed by atoms with Gasteiger partial charge < -0.3 is 10.2 Å². The van der Waals surface area contributed by atoms with Gasteiger partial charge in [-0.2, -0.15) is 0 Å². The normalized spacial score (nSPS) is 14.2. The number of nitrogens with zero attached hydrogens (tertiary/aromatic N) is 2. The van der Waals surface area contributed by atoms with Gasteiger partial charge in [0.1, 0.15) is 5.82 Å². The maximum Gasteiger partial charge on any atom is 0.253 e. The number of pyridine rings is 1. The Bertz CT molecular complexity index is 1110. The molecule has 33 heavy (non-hydrogen) atoms. The Morgan fingerprint density at radius 2 is 1.67 bits per heavy atom. The van der Waals surface area contributed by atoms with Gasteiger partial charge in [-0.25, -0.2) is 4.39 Å². The molecule has 5 nitrogen and oxygen atoms in total. The second-order valence-corrected chi connectivity index (χ2v) is 8.51. The minimum absolute atomic E-state index is 0.122. The summed E-state index contributed by atoms with van der Waals surface area (Å²) in [5, 5.41) is 2.92. The summed E-state index contributed by atoms with van der Waals surface area (Å²) < 4.78 is 13.1. The molecule has 1 N–H and O–H groups in total. The van der Waals surface area contributed by atoms with Gasteiger partial charge in [-0.15, -0.1) is 0 Å². The fourth-order valence-electron chi connectivity index (χ4n) is 4.24. The maximum atomic E-state index is 13.1. The number of benzene rings is 2. The molecule has 0 atom stereocenters. The summed E-state index contributed by atoms with van der Waals surface area (Å²) in [5.74, 6) is -0.237. The first-order valence-electron chi connectivity index (χ1n) is 11.3. The fraction of sp³-hybridized carbons (Fsp3) is 0.296. The number of hydrogen-bond acceptors (Lipinski definition) is 3. The predicted octanol–water partition coefficient (Wildman–Crippen LogP) is 4.41. The number of halogens is 1. The number of nitrogens with one attached hydrogen (secondary N) is 1. The molecule has 170 valence electrons. The molecule has 3 aromatic rings. The van der Waals surface area contributed by atoms with Gasteiger partial charge in [0.15, 0.2) is 0 Å². The van der Waals surface area contributed by atoms with E-state index in [4.69, 9.17) is 4.98 Å². The summed E-state index contributed by atoms with van der Waals surface area (Å²) in [6.07, 6.45) is 1.95. The number of carbonyl (C=O) groups excluding carboxylic acids is 2. The topological polar surface area (TPSA) is 62.3 Å². The van der Waals surface area contributed by atoms with Gasteiger partial charge in [-0.3, -0.25) is 14.6 Å². The van der Waals surface area contributed by atoms with Crippen LogP contribution in [-0.2, 0) is 17.8 Å². The van der Waals surface area contributed by atoms with Crippen molar-refractivity contribution in [3.8, 4) is 0 Å². The Balaban J connectivity index is 1.39. The molecule has 0 aliphatic carbocycles. The number of aryl methyl sites for hydroxylation is 1. The van der Waals surface area contributed by atoms with E-state index in [1.807, 2.05) is 54.3 Å². The summed E-state index contributed by atoms with van der Waals surface area (Å²) in [5.41, 5.74) is 4.07. The Labute approximate surface area is 193 Å². The van der Waals surface area contributed by atoms with Crippen molar-refractivity contribution < 1.29 is 14.0 Å². The largest absolute Gasteiger partial charge is 0.348 e. The second-order valence-electron chi connectivity index (χ2n) is 8.51. The number of rotatable bonds is 6. The molecule has 0 bridgehead atoms. The van der Waals surface area contributed by atoms with Gasteiger partial charge in [-0.1, -0.05) is 42.5 Å². The van der Waals surface area contributed by atoms with Gasteiger partial charge in [0.05, 0.1) is 17.7 Å². The minimum atomic E-state index is -0.302. The molecular weight excluding hydrogens is 417 g/mol. The Kier molecular flexibility index (Phi) is 7.13. The van der Waals surface area contributed by atoms with Crippen molar-refractivity contribution in [1.82, 2.24) is 15.2 Å². The number of piperidine rings is 1. The highest BCUT2D eigenvalue weighted by Crippen LogP contribution is 2.30. The van der Waals surface area contributed by atoms with E-state index in [1.165, 1.54) is 12.1 Å². The van der Waals surface area contributed by atoms with Crippen LogP contribution in [0.15, 0.2) is 66.7 Å². The van der Waals surface area contributed by atoms with Crippen LogP contribution in [0.4, 0.5) is 4.39 Å².